The Morgan fingerprint density at radius 2 is 1.90 bits per heavy atom. The van der Waals surface area contributed by atoms with E-state index in [4.69, 9.17) is 0 Å². The molecular formula is C14H17BrN2O2S2. The van der Waals surface area contributed by atoms with Crippen molar-refractivity contribution in [2.75, 3.05) is 13.6 Å². The number of nitrogens with one attached hydrogen (secondary N) is 2. The topological polar surface area (TPSA) is 58.2 Å². The average Bonchev–Trinajstić information content (AvgIpc) is 2.89. The van der Waals surface area contributed by atoms with E-state index in [1.807, 2.05) is 30.6 Å². The van der Waals surface area contributed by atoms with Crippen molar-refractivity contribution in [1.82, 2.24) is 10.0 Å². The van der Waals surface area contributed by atoms with Crippen molar-refractivity contribution in [2.45, 2.75) is 17.9 Å². The number of thiophene rings is 1. The van der Waals surface area contributed by atoms with Gasteiger partial charge in [-0.1, -0.05) is 12.1 Å². The SMILES string of the molecule is CNCCc1ccc(S(=O)(=O)NCc2sccc2Br)cc1. The maximum atomic E-state index is 12.2. The minimum absolute atomic E-state index is 0.294. The first-order valence-corrected chi connectivity index (χ1v) is 9.63. The van der Waals surface area contributed by atoms with E-state index in [1.54, 1.807) is 12.1 Å². The van der Waals surface area contributed by atoms with Crippen LogP contribution in [0, 0.1) is 0 Å². The highest BCUT2D eigenvalue weighted by molar-refractivity contribution is 9.10. The van der Waals surface area contributed by atoms with Gasteiger partial charge >= 0.3 is 0 Å². The summed E-state index contributed by atoms with van der Waals surface area (Å²) in [5.41, 5.74) is 1.12. The molecule has 1 aromatic heterocycles. The van der Waals surface area contributed by atoms with Crippen LogP contribution in [0.3, 0.4) is 0 Å². The molecule has 0 aliphatic heterocycles. The first-order valence-electron chi connectivity index (χ1n) is 6.48. The van der Waals surface area contributed by atoms with E-state index in [2.05, 4.69) is 26.0 Å². The zero-order valence-corrected chi connectivity index (χ0v) is 14.8. The molecule has 0 spiro atoms. The molecule has 0 aliphatic rings. The predicted octanol–water partition coefficient (Wildman–Crippen LogP) is 2.75. The van der Waals surface area contributed by atoms with Crippen LogP contribution in [0.1, 0.15) is 10.4 Å². The lowest BCUT2D eigenvalue weighted by Gasteiger charge is -2.07. The molecule has 7 heteroatoms. The molecule has 0 atom stereocenters. The Kier molecular flexibility index (Phi) is 5.95. The zero-order valence-electron chi connectivity index (χ0n) is 11.6. The van der Waals surface area contributed by atoms with Gasteiger partial charge < -0.3 is 5.32 Å². The third-order valence-corrected chi connectivity index (χ3v) is 6.35. The summed E-state index contributed by atoms with van der Waals surface area (Å²) >= 11 is 4.91. The van der Waals surface area contributed by atoms with Gasteiger partial charge in [-0.3, -0.25) is 0 Å². The average molecular weight is 389 g/mol. The van der Waals surface area contributed by atoms with Gasteiger partial charge in [-0.25, -0.2) is 13.1 Å². The van der Waals surface area contributed by atoms with Gasteiger partial charge in [0, 0.05) is 15.9 Å². The van der Waals surface area contributed by atoms with Crippen molar-refractivity contribution < 1.29 is 8.42 Å². The van der Waals surface area contributed by atoms with E-state index in [0.717, 1.165) is 27.9 Å². The molecular weight excluding hydrogens is 372 g/mol. The Morgan fingerprint density at radius 3 is 2.48 bits per heavy atom. The van der Waals surface area contributed by atoms with E-state index < -0.39 is 10.0 Å². The molecule has 0 saturated heterocycles. The van der Waals surface area contributed by atoms with Crippen molar-refractivity contribution in [3.63, 3.8) is 0 Å². The Balaban J connectivity index is 2.03. The molecule has 0 saturated carbocycles. The van der Waals surface area contributed by atoms with Crippen LogP contribution in [0.2, 0.25) is 0 Å². The van der Waals surface area contributed by atoms with Crippen LogP contribution in [0.25, 0.3) is 0 Å². The van der Waals surface area contributed by atoms with Gasteiger partial charge in [-0.2, -0.15) is 0 Å². The lowest BCUT2D eigenvalue weighted by atomic mass is 10.1. The third-order valence-electron chi connectivity index (χ3n) is 3.01. The van der Waals surface area contributed by atoms with E-state index in [-0.39, 0.29) is 0 Å². The van der Waals surface area contributed by atoms with Crippen molar-refractivity contribution >= 4 is 37.3 Å². The smallest absolute Gasteiger partial charge is 0.240 e. The molecule has 1 heterocycles. The zero-order chi connectivity index (χ0) is 15.3. The van der Waals surface area contributed by atoms with E-state index >= 15 is 0 Å². The van der Waals surface area contributed by atoms with Gasteiger partial charge in [0.1, 0.15) is 0 Å². The van der Waals surface area contributed by atoms with E-state index in [1.165, 1.54) is 11.3 Å². The molecule has 0 radical (unpaired) electrons. The molecule has 114 valence electrons. The summed E-state index contributed by atoms with van der Waals surface area (Å²) in [6.45, 7) is 1.17. The Labute approximate surface area is 137 Å². The summed E-state index contributed by atoms with van der Waals surface area (Å²) in [5.74, 6) is 0. The summed E-state index contributed by atoms with van der Waals surface area (Å²) in [6, 6.07) is 8.92. The van der Waals surface area contributed by atoms with Crippen LogP contribution in [0.15, 0.2) is 45.1 Å². The van der Waals surface area contributed by atoms with Gasteiger partial charge in [-0.05, 0) is 65.1 Å². The fraction of sp³-hybridized carbons (Fsp3) is 0.286. The number of sulfonamides is 1. The van der Waals surface area contributed by atoms with E-state index in [9.17, 15) is 8.42 Å². The molecule has 21 heavy (non-hydrogen) atoms. The van der Waals surface area contributed by atoms with Gasteiger partial charge in [0.2, 0.25) is 10.0 Å². The second kappa shape index (κ2) is 7.51. The van der Waals surface area contributed by atoms with Crippen molar-refractivity contribution in [3.05, 3.63) is 50.6 Å². The first-order chi connectivity index (χ1) is 10.0. The quantitative estimate of drug-likeness (QED) is 0.766. The summed E-state index contributed by atoms with van der Waals surface area (Å²) in [5, 5.41) is 4.99. The van der Waals surface area contributed by atoms with Gasteiger partial charge in [0.15, 0.2) is 0 Å². The lowest BCUT2D eigenvalue weighted by molar-refractivity contribution is 0.581. The van der Waals surface area contributed by atoms with Crippen molar-refractivity contribution in [2.24, 2.45) is 0 Å². The maximum absolute atomic E-state index is 12.2. The number of likely N-dealkylation sites (N-methyl/N-ethyl adjacent to an activating group) is 1. The Bertz CT molecular complexity index is 681. The minimum atomic E-state index is -3.47. The number of hydrogen-bond donors (Lipinski definition) is 2. The molecule has 2 aromatic rings. The van der Waals surface area contributed by atoms with Crippen molar-refractivity contribution in [3.8, 4) is 0 Å². The molecule has 0 amide bonds. The van der Waals surface area contributed by atoms with Gasteiger partial charge in [-0.15, -0.1) is 11.3 Å². The molecule has 4 nitrogen and oxygen atoms in total. The number of benzene rings is 1. The second-order valence-corrected chi connectivity index (χ2v) is 8.14. The minimum Gasteiger partial charge on any atom is -0.319 e. The number of halogens is 1. The number of hydrogen-bond acceptors (Lipinski definition) is 4. The van der Waals surface area contributed by atoms with Gasteiger partial charge in [0.25, 0.3) is 0 Å². The van der Waals surface area contributed by atoms with Crippen LogP contribution in [0.5, 0.6) is 0 Å². The van der Waals surface area contributed by atoms with Crippen LogP contribution in [0.4, 0.5) is 0 Å². The molecule has 0 aliphatic carbocycles. The van der Waals surface area contributed by atoms with Gasteiger partial charge in [0.05, 0.1) is 4.90 Å². The van der Waals surface area contributed by atoms with Crippen LogP contribution >= 0.6 is 27.3 Å². The molecule has 0 fully saturated rings. The standard InChI is InChI=1S/C14H17BrN2O2S2/c1-16-8-6-11-2-4-12(5-3-11)21(18,19)17-10-14-13(15)7-9-20-14/h2-5,7,9,16-17H,6,8,10H2,1H3. The van der Waals surface area contributed by atoms with Crippen molar-refractivity contribution in [1.29, 1.82) is 0 Å². The monoisotopic (exact) mass is 388 g/mol. The van der Waals surface area contributed by atoms with Crippen LogP contribution in [-0.4, -0.2) is 22.0 Å². The molecule has 0 bridgehead atoms. The Morgan fingerprint density at radius 1 is 1.19 bits per heavy atom. The molecule has 2 N–H and O–H groups in total. The normalized spacial score (nSPS) is 11.7. The predicted molar refractivity (Wildman–Crippen MR) is 90.1 cm³/mol. The maximum Gasteiger partial charge on any atom is 0.240 e. The fourth-order valence-electron chi connectivity index (χ4n) is 1.80. The Hall–Kier alpha value is -0.730. The third kappa shape index (κ3) is 4.62. The molecule has 1 aromatic carbocycles. The summed E-state index contributed by atoms with van der Waals surface area (Å²) < 4.78 is 28.0. The summed E-state index contributed by atoms with van der Waals surface area (Å²) in [7, 11) is -1.58. The number of rotatable bonds is 7. The summed E-state index contributed by atoms with van der Waals surface area (Å²) in [4.78, 5) is 1.26. The lowest BCUT2D eigenvalue weighted by Crippen LogP contribution is -2.23. The van der Waals surface area contributed by atoms with Crippen LogP contribution < -0.4 is 10.0 Å². The first kappa shape index (κ1) is 16.6. The highest BCUT2D eigenvalue weighted by atomic mass is 79.9. The molecule has 0 unspecified atom stereocenters. The highest BCUT2D eigenvalue weighted by Gasteiger charge is 2.14. The fourth-order valence-corrected chi connectivity index (χ4v) is 4.32. The van der Waals surface area contributed by atoms with Crippen LogP contribution in [-0.2, 0) is 23.0 Å². The molecule has 2 rings (SSSR count). The second-order valence-electron chi connectivity index (χ2n) is 4.51. The van der Waals surface area contributed by atoms with E-state index in [0.29, 0.717) is 11.4 Å². The summed E-state index contributed by atoms with van der Waals surface area (Å²) in [6.07, 6.45) is 0.881. The highest BCUT2D eigenvalue weighted by Crippen LogP contribution is 2.23. The largest absolute Gasteiger partial charge is 0.319 e.